The van der Waals surface area contributed by atoms with E-state index in [4.69, 9.17) is 18.9 Å². The number of para-hydroxylation sites is 1. The summed E-state index contributed by atoms with van der Waals surface area (Å²) in [7, 11) is 1.66. The molecule has 6 rings (SSSR count). The predicted octanol–water partition coefficient (Wildman–Crippen LogP) is 2.68. The Hall–Kier alpha value is -3.96. The minimum Gasteiger partial charge on any atom is -0.496 e. The van der Waals surface area contributed by atoms with Crippen molar-refractivity contribution in [2.45, 2.75) is 45.1 Å². The van der Waals surface area contributed by atoms with Gasteiger partial charge in [-0.2, -0.15) is 0 Å². The number of aromatic nitrogens is 5. The van der Waals surface area contributed by atoms with Gasteiger partial charge in [0.2, 0.25) is 0 Å². The van der Waals surface area contributed by atoms with E-state index in [9.17, 15) is 4.79 Å². The first kappa shape index (κ1) is 24.4. The highest BCUT2D eigenvalue weighted by atomic mass is 16.6. The first-order valence-corrected chi connectivity index (χ1v) is 12.8. The molecule has 2 aromatic heterocycles. The summed E-state index contributed by atoms with van der Waals surface area (Å²) in [6.07, 6.45) is 2.16. The van der Waals surface area contributed by atoms with Crippen LogP contribution in [-0.4, -0.2) is 63.1 Å². The van der Waals surface area contributed by atoms with Crippen LogP contribution in [0.25, 0.3) is 10.9 Å². The van der Waals surface area contributed by atoms with Crippen molar-refractivity contribution in [3.05, 3.63) is 69.8 Å². The molecular weight excluding hydrogens is 488 g/mol. The highest BCUT2D eigenvalue weighted by molar-refractivity contribution is 5.83. The van der Waals surface area contributed by atoms with Crippen molar-refractivity contribution in [2.75, 3.05) is 26.9 Å². The lowest BCUT2D eigenvalue weighted by Gasteiger charge is -2.23. The second-order valence-corrected chi connectivity index (χ2v) is 9.58. The molecule has 0 radical (unpaired) electrons. The molecule has 0 saturated carbocycles. The number of pyridine rings is 1. The highest BCUT2D eigenvalue weighted by Gasteiger charge is 2.22. The van der Waals surface area contributed by atoms with E-state index in [1.165, 1.54) is 0 Å². The zero-order chi connectivity index (χ0) is 25.9. The number of hydrogen-bond donors (Lipinski definition) is 1. The molecule has 11 heteroatoms. The topological polar surface area (TPSA) is 117 Å². The number of hydrogen-bond acceptors (Lipinski definition) is 9. The Balaban J connectivity index is 1.31. The standard InChI is InChI=1S/C27H30N6O5/c1-35-23-7-3-2-5-18(23)14-32(17-26-29-30-31-33(26)16-21-6-4-8-36-21)15-20-11-19-12-24-25(38-10-9-37-24)13-22(19)28-27(20)34/h2-3,5,7,11-13,21H,4,6,8-10,14-17H2,1H3,(H,28,34). The summed E-state index contributed by atoms with van der Waals surface area (Å²) in [6, 6.07) is 13.5. The Kier molecular flexibility index (Phi) is 6.93. The van der Waals surface area contributed by atoms with Gasteiger partial charge in [0.05, 0.1) is 31.8 Å². The maximum absolute atomic E-state index is 13.2. The van der Waals surface area contributed by atoms with E-state index in [2.05, 4.69) is 25.4 Å². The van der Waals surface area contributed by atoms with Gasteiger partial charge in [0.1, 0.15) is 19.0 Å². The lowest BCUT2D eigenvalue weighted by Crippen LogP contribution is -2.29. The summed E-state index contributed by atoms with van der Waals surface area (Å²) in [6.45, 7) is 3.73. The summed E-state index contributed by atoms with van der Waals surface area (Å²) in [5.74, 6) is 2.82. The van der Waals surface area contributed by atoms with Crippen LogP contribution in [0.5, 0.6) is 17.2 Å². The van der Waals surface area contributed by atoms with Crippen LogP contribution < -0.4 is 19.8 Å². The van der Waals surface area contributed by atoms with E-state index in [-0.39, 0.29) is 11.7 Å². The smallest absolute Gasteiger partial charge is 0.252 e. The van der Waals surface area contributed by atoms with Gasteiger partial charge in [-0.25, -0.2) is 4.68 Å². The third-order valence-corrected chi connectivity index (χ3v) is 6.94. The van der Waals surface area contributed by atoms with E-state index in [1.54, 1.807) is 11.8 Å². The molecule has 2 aliphatic heterocycles. The number of tetrazole rings is 1. The van der Waals surface area contributed by atoms with Crippen molar-refractivity contribution in [3.8, 4) is 17.2 Å². The Morgan fingerprint density at radius 2 is 1.87 bits per heavy atom. The maximum atomic E-state index is 13.2. The summed E-state index contributed by atoms with van der Waals surface area (Å²) in [5, 5.41) is 13.3. The van der Waals surface area contributed by atoms with E-state index >= 15 is 0 Å². The summed E-state index contributed by atoms with van der Waals surface area (Å²) in [4.78, 5) is 18.3. The van der Waals surface area contributed by atoms with Crippen molar-refractivity contribution in [1.29, 1.82) is 0 Å². The summed E-state index contributed by atoms with van der Waals surface area (Å²) >= 11 is 0. The average molecular weight is 519 g/mol. The van der Waals surface area contributed by atoms with Gasteiger partial charge in [-0.3, -0.25) is 9.69 Å². The van der Waals surface area contributed by atoms with Gasteiger partial charge in [0.25, 0.3) is 5.56 Å². The van der Waals surface area contributed by atoms with Crippen LogP contribution in [-0.2, 0) is 30.9 Å². The molecule has 1 N–H and O–H groups in total. The molecule has 1 saturated heterocycles. The predicted molar refractivity (Wildman–Crippen MR) is 138 cm³/mol. The number of nitrogens with one attached hydrogen (secondary N) is 1. The van der Waals surface area contributed by atoms with Crippen LogP contribution in [0.4, 0.5) is 0 Å². The van der Waals surface area contributed by atoms with Gasteiger partial charge >= 0.3 is 0 Å². The summed E-state index contributed by atoms with van der Waals surface area (Å²) in [5.41, 5.74) is 2.19. The number of rotatable bonds is 9. The molecule has 0 bridgehead atoms. The Morgan fingerprint density at radius 1 is 1.05 bits per heavy atom. The molecule has 4 heterocycles. The molecular formula is C27H30N6O5. The molecule has 198 valence electrons. The van der Waals surface area contributed by atoms with Crippen LogP contribution in [0.1, 0.15) is 29.8 Å². The largest absolute Gasteiger partial charge is 0.496 e. The molecule has 0 aliphatic carbocycles. The third kappa shape index (κ3) is 5.20. The van der Waals surface area contributed by atoms with Gasteiger partial charge in [0, 0.05) is 42.3 Å². The lowest BCUT2D eigenvalue weighted by atomic mass is 10.1. The van der Waals surface area contributed by atoms with E-state index in [0.29, 0.717) is 67.8 Å². The monoisotopic (exact) mass is 518 g/mol. The fourth-order valence-electron chi connectivity index (χ4n) is 5.05. The van der Waals surface area contributed by atoms with Gasteiger partial charge in [-0.15, -0.1) is 5.10 Å². The van der Waals surface area contributed by atoms with Crippen molar-refractivity contribution < 1.29 is 18.9 Å². The molecule has 2 aromatic carbocycles. The van der Waals surface area contributed by atoms with E-state index in [1.807, 2.05) is 42.5 Å². The number of aromatic amines is 1. The second-order valence-electron chi connectivity index (χ2n) is 9.58. The molecule has 0 spiro atoms. The SMILES string of the molecule is COc1ccccc1CN(Cc1cc2cc3c(cc2[nH]c1=O)OCCO3)Cc1nnnn1CC1CCCO1. The number of H-pyrrole nitrogens is 1. The second kappa shape index (κ2) is 10.8. The quantitative estimate of drug-likeness (QED) is 0.357. The van der Waals surface area contributed by atoms with Gasteiger partial charge in [0.15, 0.2) is 17.3 Å². The third-order valence-electron chi connectivity index (χ3n) is 6.94. The first-order valence-electron chi connectivity index (χ1n) is 12.8. The molecule has 1 fully saturated rings. The minimum absolute atomic E-state index is 0.111. The minimum atomic E-state index is -0.154. The number of fused-ring (bicyclic) bond motifs is 2. The Morgan fingerprint density at radius 3 is 2.68 bits per heavy atom. The fourth-order valence-corrected chi connectivity index (χ4v) is 5.05. The lowest BCUT2D eigenvalue weighted by molar-refractivity contribution is 0.0914. The fraction of sp³-hybridized carbons (Fsp3) is 0.407. The number of methoxy groups -OCH3 is 1. The number of nitrogens with zero attached hydrogens (tertiary/aromatic N) is 5. The average Bonchev–Trinajstić information content (AvgIpc) is 3.61. The highest BCUT2D eigenvalue weighted by Crippen LogP contribution is 2.34. The molecule has 1 atom stereocenters. The Bertz CT molecular complexity index is 1480. The Labute approximate surface area is 219 Å². The van der Waals surface area contributed by atoms with Crippen molar-refractivity contribution in [2.24, 2.45) is 0 Å². The van der Waals surface area contributed by atoms with E-state index in [0.717, 1.165) is 36.1 Å². The van der Waals surface area contributed by atoms with Gasteiger partial charge in [-0.1, -0.05) is 18.2 Å². The molecule has 38 heavy (non-hydrogen) atoms. The molecule has 1 unspecified atom stereocenters. The molecule has 0 amide bonds. The van der Waals surface area contributed by atoms with Crippen LogP contribution in [0, 0.1) is 0 Å². The zero-order valence-electron chi connectivity index (χ0n) is 21.3. The van der Waals surface area contributed by atoms with Crippen LogP contribution >= 0.6 is 0 Å². The normalized spacial score (nSPS) is 16.8. The van der Waals surface area contributed by atoms with Gasteiger partial charge in [-0.05, 0) is 41.5 Å². The maximum Gasteiger partial charge on any atom is 0.252 e. The van der Waals surface area contributed by atoms with Crippen LogP contribution in [0.3, 0.4) is 0 Å². The summed E-state index contributed by atoms with van der Waals surface area (Å²) < 4.78 is 24.6. The van der Waals surface area contributed by atoms with Crippen molar-refractivity contribution >= 4 is 10.9 Å². The first-order chi connectivity index (χ1) is 18.7. The van der Waals surface area contributed by atoms with Crippen LogP contribution in [0.15, 0.2) is 47.3 Å². The van der Waals surface area contributed by atoms with Gasteiger partial charge < -0.3 is 23.9 Å². The number of ether oxygens (including phenoxy) is 4. The molecule has 11 nitrogen and oxygen atoms in total. The van der Waals surface area contributed by atoms with E-state index < -0.39 is 0 Å². The molecule has 2 aliphatic rings. The zero-order valence-corrected chi connectivity index (χ0v) is 21.3. The number of benzene rings is 2. The van der Waals surface area contributed by atoms with Crippen molar-refractivity contribution in [3.63, 3.8) is 0 Å². The van der Waals surface area contributed by atoms with Crippen LogP contribution in [0.2, 0.25) is 0 Å². The molecule has 4 aromatic rings. The van der Waals surface area contributed by atoms with Crippen molar-refractivity contribution in [1.82, 2.24) is 30.1 Å².